The number of carbonyl (C=O) groups is 2. The number of aryl methyl sites for hydroxylation is 6. The van der Waals surface area contributed by atoms with Gasteiger partial charge in [-0.2, -0.15) is 8.78 Å². The fraction of sp³-hybridized carbons (Fsp3) is 0.204. The van der Waals surface area contributed by atoms with Crippen LogP contribution in [0.3, 0.4) is 0 Å². The molecule has 6 aromatic carbocycles. The second-order valence-electron chi connectivity index (χ2n) is 13.8. The number of methoxy groups -OCH3 is 2. The summed E-state index contributed by atoms with van der Waals surface area (Å²) in [6.45, 7) is 13.3. The molecule has 0 unspecified atom stereocenters. The molecule has 0 amide bonds. The molecule has 0 spiro atoms. The molecule has 0 saturated heterocycles. The van der Waals surface area contributed by atoms with Gasteiger partial charge in [0.25, 0.3) is 0 Å². The van der Waals surface area contributed by atoms with E-state index in [-0.39, 0.29) is 63.8 Å². The summed E-state index contributed by atoms with van der Waals surface area (Å²) in [5, 5.41) is 0. The first-order valence-electron chi connectivity index (χ1n) is 19.0. The topological polar surface area (TPSA) is 104 Å². The second kappa shape index (κ2) is 30.6. The summed E-state index contributed by atoms with van der Waals surface area (Å²) in [7, 11) is -1.38. The molecule has 7 nitrogen and oxygen atoms in total. The van der Waals surface area contributed by atoms with Crippen LogP contribution in [0.2, 0.25) is 0 Å². The largest absolute Gasteiger partial charge is 1.00 e. The zero-order valence-electron chi connectivity index (χ0n) is 37.9. The van der Waals surface area contributed by atoms with Gasteiger partial charge in [0, 0.05) is 13.3 Å². The van der Waals surface area contributed by atoms with Gasteiger partial charge in [0.2, 0.25) is 5.97 Å². The van der Waals surface area contributed by atoms with E-state index in [9.17, 15) is 27.2 Å². The van der Waals surface area contributed by atoms with Crippen molar-refractivity contribution in [1.29, 1.82) is 0 Å². The van der Waals surface area contributed by atoms with Gasteiger partial charge < -0.3 is 18.3 Å². The molecule has 6 rings (SSSR count). The Balaban J connectivity index is 0.000000891. The molecule has 0 atom stereocenters. The molecule has 0 aliphatic rings. The van der Waals surface area contributed by atoms with Crippen molar-refractivity contribution < 1.29 is 78.8 Å². The van der Waals surface area contributed by atoms with Crippen LogP contribution in [0.25, 0.3) is 0 Å². The minimum atomic E-state index is -3.35. The van der Waals surface area contributed by atoms with Crippen LogP contribution in [0, 0.1) is 48.0 Å². The standard InChI is InChI=1S/2C21H21S.C4H6F2O2.C3H3F2O2.ClH.Na.O3S/c2*1-16-4-10-19(11-5-16)22(20-12-6-17(2)7-13-20)21-14-8-18(3)9-15-21;1-4(5,6)3(7)8-2;1-7-3(6)2(4)5;;;1-4(2)3/h2*4-15H,1-3H3;1-2H3;1H3;1H;;/q2*+1;;-1;;+1;. The third-order valence-electron chi connectivity index (χ3n) is 8.42. The summed E-state index contributed by atoms with van der Waals surface area (Å²) < 4.78 is 77.7. The Labute approximate surface area is 415 Å². The van der Waals surface area contributed by atoms with E-state index in [0.29, 0.717) is 6.92 Å². The predicted octanol–water partition coefficient (Wildman–Crippen LogP) is 9.24. The molecule has 342 valence electrons. The Bertz CT molecular complexity index is 2060. The van der Waals surface area contributed by atoms with Crippen LogP contribution in [0.4, 0.5) is 17.6 Å². The molecular weight excluding hydrogens is 931 g/mol. The van der Waals surface area contributed by atoms with E-state index in [2.05, 4.69) is 197 Å². The summed E-state index contributed by atoms with van der Waals surface area (Å²) in [6, 6.07) is 53.6. The van der Waals surface area contributed by atoms with Crippen LogP contribution in [0.15, 0.2) is 175 Å². The van der Waals surface area contributed by atoms with E-state index in [0.717, 1.165) is 14.2 Å². The van der Waals surface area contributed by atoms with Crippen LogP contribution in [0.1, 0.15) is 40.3 Å². The van der Waals surface area contributed by atoms with Crippen LogP contribution in [-0.4, -0.2) is 44.7 Å². The number of halogens is 5. The average molecular weight is 984 g/mol. The molecule has 0 fully saturated rings. The molecule has 0 bridgehead atoms. The Morgan fingerprint density at radius 1 is 0.462 bits per heavy atom. The third kappa shape index (κ3) is 22.5. The normalized spacial score (nSPS) is 9.95. The smallest absolute Gasteiger partial charge is 0.487 e. The van der Waals surface area contributed by atoms with Crippen LogP contribution < -0.4 is 29.6 Å². The Morgan fingerprint density at radius 3 is 0.708 bits per heavy atom. The number of esters is 2. The molecule has 6 aromatic rings. The number of hydrogen-bond donors (Lipinski definition) is 0. The first kappa shape index (κ1) is 60.5. The molecule has 16 heteroatoms. The van der Waals surface area contributed by atoms with Crippen molar-refractivity contribution in [1.82, 2.24) is 0 Å². The van der Waals surface area contributed by atoms with E-state index in [1.165, 1.54) is 62.8 Å². The van der Waals surface area contributed by atoms with Crippen molar-refractivity contribution in [2.24, 2.45) is 0 Å². The Hall–Kier alpha value is -4.54. The van der Waals surface area contributed by atoms with Gasteiger partial charge >= 0.3 is 52.1 Å². The minimum Gasteiger partial charge on any atom is -0.487 e. The van der Waals surface area contributed by atoms with Crippen molar-refractivity contribution in [3.8, 4) is 0 Å². The number of ether oxygens (including phenoxy) is 2. The van der Waals surface area contributed by atoms with Gasteiger partial charge in [-0.1, -0.05) is 106 Å². The van der Waals surface area contributed by atoms with Gasteiger partial charge in [-0.05, 0) is 114 Å². The second-order valence-corrected chi connectivity index (χ2v) is 18.3. The van der Waals surface area contributed by atoms with Crippen molar-refractivity contribution in [2.45, 2.75) is 83.8 Å². The minimum absolute atomic E-state index is 0. The zero-order chi connectivity index (χ0) is 47.3. The number of benzene rings is 6. The van der Waals surface area contributed by atoms with E-state index in [4.69, 9.17) is 12.6 Å². The van der Waals surface area contributed by atoms with Crippen molar-refractivity contribution in [3.63, 3.8) is 0 Å². The van der Waals surface area contributed by atoms with Crippen molar-refractivity contribution in [3.05, 3.63) is 185 Å². The quantitative estimate of drug-likeness (QED) is 0.0493. The maximum absolute atomic E-state index is 11.6. The van der Waals surface area contributed by atoms with Gasteiger partial charge in [0.15, 0.2) is 29.4 Å². The van der Waals surface area contributed by atoms with Crippen LogP contribution >= 0.6 is 12.4 Å². The maximum Gasteiger partial charge on any atom is 1.00 e. The fourth-order valence-corrected chi connectivity index (χ4v) is 9.20. The van der Waals surface area contributed by atoms with Crippen molar-refractivity contribution in [2.75, 3.05) is 14.2 Å². The van der Waals surface area contributed by atoms with Crippen molar-refractivity contribution >= 4 is 56.7 Å². The van der Waals surface area contributed by atoms with E-state index < -0.39 is 34.9 Å². The van der Waals surface area contributed by atoms with Gasteiger partial charge in [-0.15, -0.1) is 25.0 Å². The molecule has 0 heterocycles. The molecule has 0 radical (unpaired) electrons. The van der Waals surface area contributed by atoms with Gasteiger partial charge in [-0.3, -0.25) is 4.79 Å². The molecule has 0 N–H and O–H groups in total. The molecule has 0 aromatic heterocycles. The molecule has 0 aliphatic heterocycles. The van der Waals surface area contributed by atoms with E-state index >= 15 is 0 Å². The van der Waals surface area contributed by atoms with Gasteiger partial charge in [0.1, 0.15) is 0 Å². The number of carbonyl (C=O) groups excluding carboxylic acids is 2. The fourth-order valence-electron chi connectivity index (χ4n) is 5.12. The number of alkyl halides is 2. The maximum atomic E-state index is 11.6. The summed E-state index contributed by atoms with van der Waals surface area (Å²) in [6.07, 6.45) is -2.32. The SMILES string of the molecule is COC(=O)C(C)(F)F.COC(=O)[C-](F)F.Cc1ccc([S+](c2ccc(C)cc2)c2ccc(C)cc2)cc1.Cc1ccc([S+](c2ccc(C)cc2)c2ccc(C)cc2)cc1.Cl.O=S(=O)=O.[Na+]. The summed E-state index contributed by atoms with van der Waals surface area (Å²) >= 11 is 0. The molecule has 65 heavy (non-hydrogen) atoms. The predicted molar refractivity (Wildman–Crippen MR) is 248 cm³/mol. The Morgan fingerprint density at radius 2 is 0.631 bits per heavy atom. The molecule has 0 saturated carbocycles. The monoisotopic (exact) mass is 982 g/mol. The van der Waals surface area contributed by atoms with E-state index in [1.807, 2.05) is 0 Å². The van der Waals surface area contributed by atoms with Crippen LogP contribution in [-0.2, 0) is 51.5 Å². The first-order chi connectivity index (χ1) is 29.7. The zero-order valence-corrected chi connectivity index (χ0v) is 43.1. The summed E-state index contributed by atoms with van der Waals surface area (Å²) in [4.78, 5) is 27.6. The summed E-state index contributed by atoms with van der Waals surface area (Å²) in [5.74, 6) is -6.42. The number of hydrogen-bond acceptors (Lipinski definition) is 7. The third-order valence-corrected chi connectivity index (χ3v) is 12.9. The number of rotatable bonds is 8. The van der Waals surface area contributed by atoms with E-state index in [1.54, 1.807) is 0 Å². The average Bonchev–Trinajstić information content (AvgIpc) is 3.24. The Kier molecular flexibility index (Phi) is 28.5. The molecular formula is C49H52ClF4NaO7S3+2. The van der Waals surface area contributed by atoms with Gasteiger partial charge in [0.05, 0.1) is 36.0 Å². The first-order valence-corrected chi connectivity index (χ1v) is 22.5. The van der Waals surface area contributed by atoms with Crippen LogP contribution in [0.5, 0.6) is 0 Å². The van der Waals surface area contributed by atoms with Gasteiger partial charge in [-0.25, -0.2) is 4.79 Å². The summed E-state index contributed by atoms with van der Waals surface area (Å²) in [5.41, 5.74) is 7.83. The molecule has 0 aliphatic carbocycles.